The molecule has 6 heavy (non-hydrogen) atoms. The van der Waals surface area contributed by atoms with Gasteiger partial charge in [-0.2, -0.15) is 0 Å². The molecular weight excluding hydrogens is 141 g/mol. The van der Waals surface area contributed by atoms with Crippen LogP contribution in [0.5, 0.6) is 0 Å². The van der Waals surface area contributed by atoms with E-state index < -0.39 is 0 Å². The van der Waals surface area contributed by atoms with Crippen LogP contribution in [0.4, 0.5) is 0 Å². The van der Waals surface area contributed by atoms with Crippen LogP contribution in [0.15, 0.2) is 0 Å². The Bertz CT molecular complexity index is 8.75. The van der Waals surface area contributed by atoms with E-state index in [1.807, 2.05) is 0 Å². The van der Waals surface area contributed by atoms with Gasteiger partial charge in [0.15, 0.2) is 34.7 Å². The van der Waals surface area contributed by atoms with Crippen molar-refractivity contribution in [2.24, 2.45) is 0 Å². The second-order valence-corrected chi connectivity index (χ2v) is 0. The summed E-state index contributed by atoms with van der Waals surface area (Å²) in [6, 6.07) is 0. The first-order valence-electron chi connectivity index (χ1n) is 0. The van der Waals surface area contributed by atoms with Crippen molar-refractivity contribution in [1.82, 2.24) is 0 Å². The van der Waals surface area contributed by atoms with Crippen molar-refractivity contribution >= 4 is 86.1 Å². The van der Waals surface area contributed by atoms with Crippen LogP contribution >= 0.6 is 0 Å². The molecule has 38 valence electrons. The van der Waals surface area contributed by atoms with Crippen molar-refractivity contribution in [2.75, 3.05) is 0 Å². The van der Waals surface area contributed by atoms with Crippen LogP contribution in [-0.4, -0.2) is 103 Å². The summed E-state index contributed by atoms with van der Waals surface area (Å²) in [5, 5.41) is 0. The molecule has 0 rings (SSSR count). The van der Waals surface area contributed by atoms with Gasteiger partial charge in [0.2, 0.25) is 0 Å². The van der Waals surface area contributed by atoms with Gasteiger partial charge in [0.25, 0.3) is 0 Å². The van der Waals surface area contributed by atoms with E-state index in [2.05, 4.69) is 0 Å². The van der Waals surface area contributed by atoms with Gasteiger partial charge in [-0.25, -0.2) is 0 Å². The van der Waals surface area contributed by atoms with Gasteiger partial charge in [0.05, 0.1) is 0 Å². The number of hydrogen-bond acceptors (Lipinski definition) is 0. The van der Waals surface area contributed by atoms with Gasteiger partial charge in [-0.3, -0.25) is 0 Å². The molecule has 0 aromatic heterocycles. The topological polar surface area (TPSA) is 94.5 Å². The van der Waals surface area contributed by atoms with Crippen molar-refractivity contribution < 1.29 is 16.4 Å². The van der Waals surface area contributed by atoms with Crippen molar-refractivity contribution in [1.29, 1.82) is 0 Å². The summed E-state index contributed by atoms with van der Waals surface area (Å²) < 4.78 is 0. The third kappa shape index (κ3) is 30.8. The van der Waals surface area contributed by atoms with Crippen molar-refractivity contribution in [3.63, 3.8) is 0 Å². The Morgan fingerprint density at radius 2 is 0.500 bits per heavy atom. The predicted octanol–water partition coefficient (Wildman–Crippen LogP) is -5.49. The first-order chi connectivity index (χ1) is 0. The second kappa shape index (κ2) is 49.3. The molecule has 0 aromatic rings. The van der Waals surface area contributed by atoms with E-state index in [9.17, 15) is 0 Å². The van der Waals surface area contributed by atoms with Gasteiger partial charge in [-0.05, 0) is 0 Å². The Labute approximate surface area is 100 Å². The fourth-order valence-electron chi connectivity index (χ4n) is 0. The fourth-order valence-corrected chi connectivity index (χ4v) is 0. The quantitative estimate of drug-likeness (QED) is 0.311. The predicted molar refractivity (Wildman–Crippen MR) is 37.9 cm³/mol. The molecule has 0 saturated carbocycles. The Morgan fingerprint density at radius 1 is 0.500 bits per heavy atom. The standard InChI is InChI=1S/2Al.K.3H2O.7H/h;;;3*1H2;;;;;;;. The van der Waals surface area contributed by atoms with Gasteiger partial charge in [0.1, 0.15) is 0 Å². The van der Waals surface area contributed by atoms with Crippen LogP contribution in [0.1, 0.15) is 0 Å². The Hall–Kier alpha value is 2.58. The fraction of sp³-hybridized carbons (Fsp3) is 0. The van der Waals surface area contributed by atoms with Gasteiger partial charge in [0, 0.05) is 0 Å². The molecule has 3 nitrogen and oxygen atoms in total. The zero-order chi connectivity index (χ0) is 0. The molecule has 0 fully saturated rings. The maximum absolute atomic E-state index is 0. The molecule has 6 heteroatoms. The summed E-state index contributed by atoms with van der Waals surface area (Å²) in [5.74, 6) is 0. The average Bonchev–Trinajstić information content (AvgIpc) is 0. The van der Waals surface area contributed by atoms with E-state index in [1.165, 1.54) is 0 Å². The number of hydrogen-bond donors (Lipinski definition) is 0. The third-order valence-corrected chi connectivity index (χ3v) is 0. The van der Waals surface area contributed by atoms with Gasteiger partial charge in [-0.15, -0.1) is 0 Å². The SMILES string of the molecule is O.O.O.[AlH3].[AlH3].[KH]. The van der Waals surface area contributed by atoms with Gasteiger partial charge < -0.3 is 16.4 Å². The molecule has 0 radical (unpaired) electrons. The van der Waals surface area contributed by atoms with E-state index in [0.29, 0.717) is 0 Å². The third-order valence-electron chi connectivity index (χ3n) is 0. The Balaban J connectivity index is 0. The van der Waals surface area contributed by atoms with Crippen LogP contribution in [0.25, 0.3) is 0 Å². The van der Waals surface area contributed by atoms with Crippen molar-refractivity contribution in [2.45, 2.75) is 0 Å². The van der Waals surface area contributed by atoms with Crippen LogP contribution < -0.4 is 0 Å². The number of rotatable bonds is 0. The maximum atomic E-state index is 0. The zero-order valence-corrected chi connectivity index (χ0v) is 1.50. The molecule has 0 atom stereocenters. The van der Waals surface area contributed by atoms with E-state index in [1.54, 1.807) is 0 Å². The van der Waals surface area contributed by atoms with E-state index in [0.717, 1.165) is 0 Å². The summed E-state index contributed by atoms with van der Waals surface area (Å²) in [7, 11) is 0. The van der Waals surface area contributed by atoms with Crippen molar-refractivity contribution in [3.8, 4) is 0 Å². The second-order valence-electron chi connectivity index (χ2n) is 0. The molecule has 0 bridgehead atoms. The summed E-state index contributed by atoms with van der Waals surface area (Å²) in [4.78, 5) is 0. The summed E-state index contributed by atoms with van der Waals surface area (Å²) in [6.45, 7) is 0. The zero-order valence-electron chi connectivity index (χ0n) is 1.50. The van der Waals surface area contributed by atoms with E-state index in [-0.39, 0.29) is 103 Å². The summed E-state index contributed by atoms with van der Waals surface area (Å²) in [5.41, 5.74) is 0. The molecule has 0 aliphatic rings. The molecule has 0 spiro atoms. The summed E-state index contributed by atoms with van der Waals surface area (Å²) in [6.07, 6.45) is 0. The average molecular weight is 154 g/mol. The molecule has 0 unspecified atom stereocenters. The van der Waals surface area contributed by atoms with Crippen LogP contribution in [0.3, 0.4) is 0 Å². The Morgan fingerprint density at radius 3 is 0.500 bits per heavy atom. The van der Waals surface area contributed by atoms with Crippen LogP contribution in [0, 0.1) is 0 Å². The van der Waals surface area contributed by atoms with Crippen molar-refractivity contribution in [3.05, 3.63) is 0 Å². The molecule has 0 aliphatic heterocycles. The van der Waals surface area contributed by atoms with E-state index in [4.69, 9.17) is 0 Å². The first-order valence-corrected chi connectivity index (χ1v) is 0. The molecule has 0 saturated heterocycles. The minimum absolute atomic E-state index is 0. The van der Waals surface area contributed by atoms with Crippen LogP contribution in [0.2, 0.25) is 0 Å². The molecule has 0 amide bonds. The molecular formula is H13Al2KO3. The normalized spacial score (nSPS) is 0. The van der Waals surface area contributed by atoms with Crippen LogP contribution in [-0.2, 0) is 0 Å². The minimum atomic E-state index is 0. The molecule has 0 aliphatic carbocycles. The molecule has 0 heterocycles. The van der Waals surface area contributed by atoms with E-state index >= 15 is 0 Å². The molecule has 6 N–H and O–H groups in total. The van der Waals surface area contributed by atoms with Gasteiger partial charge >= 0.3 is 51.4 Å². The summed E-state index contributed by atoms with van der Waals surface area (Å²) >= 11 is 0. The first kappa shape index (κ1) is 74.0. The monoisotopic (exact) mass is 154 g/mol. The molecule has 0 aromatic carbocycles. The van der Waals surface area contributed by atoms with Gasteiger partial charge in [-0.1, -0.05) is 0 Å². The Kier molecular flexibility index (Phi) is 608.